The SMILES string of the molecule is Cc1c(Cl)cccc1S(=O)(=O)Nc1nc2ncsc2nc1OCCOc1ccccc1. The van der Waals surface area contributed by atoms with Crippen molar-refractivity contribution in [2.24, 2.45) is 0 Å². The van der Waals surface area contributed by atoms with E-state index in [1.807, 2.05) is 30.3 Å². The predicted molar refractivity (Wildman–Crippen MR) is 120 cm³/mol. The van der Waals surface area contributed by atoms with Crippen molar-refractivity contribution in [3.63, 3.8) is 0 Å². The number of halogens is 1. The number of fused-ring (bicyclic) bond motifs is 1. The molecule has 160 valence electrons. The highest BCUT2D eigenvalue weighted by Gasteiger charge is 2.22. The fraction of sp³-hybridized carbons (Fsp3) is 0.150. The molecule has 0 unspecified atom stereocenters. The third-order valence-corrected chi connectivity index (χ3v) is 6.83. The first-order valence-corrected chi connectivity index (χ1v) is 11.9. The molecule has 2 aromatic heterocycles. The van der Waals surface area contributed by atoms with Gasteiger partial charge in [-0.05, 0) is 36.8 Å². The highest BCUT2D eigenvalue weighted by atomic mass is 35.5. The Bertz CT molecular complexity index is 1310. The zero-order valence-corrected chi connectivity index (χ0v) is 18.7. The summed E-state index contributed by atoms with van der Waals surface area (Å²) in [5.74, 6) is 0.682. The lowest BCUT2D eigenvalue weighted by Crippen LogP contribution is -2.18. The fourth-order valence-corrected chi connectivity index (χ4v) is 4.82. The molecule has 0 aliphatic heterocycles. The minimum absolute atomic E-state index is 0.0386. The van der Waals surface area contributed by atoms with E-state index in [9.17, 15) is 8.42 Å². The number of benzene rings is 2. The van der Waals surface area contributed by atoms with Crippen LogP contribution < -0.4 is 14.2 Å². The third-order valence-electron chi connectivity index (χ3n) is 4.23. The molecule has 0 saturated carbocycles. The minimum Gasteiger partial charge on any atom is -0.490 e. The lowest BCUT2D eigenvalue weighted by molar-refractivity contribution is 0.213. The molecule has 4 rings (SSSR count). The van der Waals surface area contributed by atoms with E-state index < -0.39 is 10.0 Å². The maximum atomic E-state index is 13.0. The van der Waals surface area contributed by atoms with Gasteiger partial charge < -0.3 is 9.47 Å². The first-order valence-electron chi connectivity index (χ1n) is 9.14. The van der Waals surface area contributed by atoms with Gasteiger partial charge in [0.2, 0.25) is 5.82 Å². The van der Waals surface area contributed by atoms with Gasteiger partial charge in [0.1, 0.15) is 19.0 Å². The first kappa shape index (κ1) is 21.3. The van der Waals surface area contributed by atoms with E-state index in [0.29, 0.717) is 26.8 Å². The molecule has 0 aliphatic carbocycles. The standard InChI is InChI=1S/C20H17ClN4O4S2/c1-13-15(21)8-5-9-16(13)31(26,27)25-17-19(24-20-18(23-17)22-12-30-20)29-11-10-28-14-6-3-2-4-7-14/h2-9,12H,10-11H2,1H3,(H,23,25). The molecule has 11 heteroatoms. The smallest absolute Gasteiger partial charge is 0.263 e. The van der Waals surface area contributed by atoms with Crippen LogP contribution in [0, 0.1) is 6.92 Å². The van der Waals surface area contributed by atoms with Crippen LogP contribution in [0.5, 0.6) is 11.6 Å². The summed E-state index contributed by atoms with van der Waals surface area (Å²) in [6.45, 7) is 2.01. The van der Waals surface area contributed by atoms with Crippen LogP contribution in [0.25, 0.3) is 10.5 Å². The Hall–Kier alpha value is -2.95. The van der Waals surface area contributed by atoms with Gasteiger partial charge >= 0.3 is 0 Å². The summed E-state index contributed by atoms with van der Waals surface area (Å²) >= 11 is 7.36. The van der Waals surface area contributed by atoms with Gasteiger partial charge in [0.05, 0.1) is 10.4 Å². The molecule has 0 aliphatic rings. The molecule has 0 amide bonds. The number of thiazole rings is 1. The molecular weight excluding hydrogens is 460 g/mol. The summed E-state index contributed by atoms with van der Waals surface area (Å²) in [6, 6.07) is 13.9. The van der Waals surface area contributed by atoms with Crippen LogP contribution in [-0.2, 0) is 10.0 Å². The van der Waals surface area contributed by atoms with Crippen molar-refractivity contribution < 1.29 is 17.9 Å². The lowest BCUT2D eigenvalue weighted by atomic mass is 10.2. The van der Waals surface area contributed by atoms with Crippen LogP contribution in [0.4, 0.5) is 5.82 Å². The summed E-state index contributed by atoms with van der Waals surface area (Å²) in [6.07, 6.45) is 0. The van der Waals surface area contributed by atoms with E-state index in [2.05, 4.69) is 19.7 Å². The summed E-state index contributed by atoms with van der Waals surface area (Å²) in [4.78, 5) is 13.3. The highest BCUT2D eigenvalue weighted by Crippen LogP contribution is 2.29. The number of hydrogen-bond donors (Lipinski definition) is 1. The van der Waals surface area contributed by atoms with E-state index in [4.69, 9.17) is 21.1 Å². The molecule has 0 bridgehead atoms. The molecule has 0 spiro atoms. The molecule has 0 radical (unpaired) electrons. The monoisotopic (exact) mass is 476 g/mol. The Kier molecular flexibility index (Phi) is 6.21. The van der Waals surface area contributed by atoms with Crippen molar-refractivity contribution >= 4 is 49.3 Å². The first-order chi connectivity index (χ1) is 14.9. The van der Waals surface area contributed by atoms with Gasteiger partial charge in [-0.2, -0.15) is 4.98 Å². The molecule has 0 fully saturated rings. The highest BCUT2D eigenvalue weighted by molar-refractivity contribution is 7.92. The van der Waals surface area contributed by atoms with Crippen LogP contribution in [0.1, 0.15) is 5.56 Å². The van der Waals surface area contributed by atoms with E-state index in [1.54, 1.807) is 24.6 Å². The van der Waals surface area contributed by atoms with Crippen molar-refractivity contribution in [1.29, 1.82) is 0 Å². The Morgan fingerprint density at radius 3 is 2.61 bits per heavy atom. The van der Waals surface area contributed by atoms with Crippen LogP contribution in [0.3, 0.4) is 0 Å². The Morgan fingerprint density at radius 2 is 1.81 bits per heavy atom. The lowest BCUT2D eigenvalue weighted by Gasteiger charge is -2.14. The van der Waals surface area contributed by atoms with Crippen LogP contribution in [0.15, 0.2) is 58.9 Å². The second kappa shape index (κ2) is 9.04. The average Bonchev–Trinajstić information content (AvgIpc) is 3.20. The van der Waals surface area contributed by atoms with E-state index in [1.165, 1.54) is 17.4 Å². The van der Waals surface area contributed by atoms with E-state index >= 15 is 0 Å². The third kappa shape index (κ3) is 4.87. The molecule has 4 aromatic rings. The number of aromatic nitrogens is 3. The molecule has 0 atom stereocenters. The normalized spacial score (nSPS) is 11.4. The summed E-state index contributed by atoms with van der Waals surface area (Å²) < 4.78 is 39.7. The molecule has 8 nitrogen and oxygen atoms in total. The minimum atomic E-state index is -3.99. The number of nitrogens with zero attached hydrogens (tertiary/aromatic N) is 3. The molecule has 31 heavy (non-hydrogen) atoms. The summed E-state index contributed by atoms with van der Waals surface area (Å²) in [5, 5.41) is 0.346. The topological polar surface area (TPSA) is 103 Å². The molecule has 1 N–H and O–H groups in total. The van der Waals surface area contributed by atoms with Gasteiger partial charge in [-0.3, -0.25) is 4.72 Å². The van der Waals surface area contributed by atoms with Gasteiger partial charge in [0, 0.05) is 5.02 Å². The van der Waals surface area contributed by atoms with Gasteiger partial charge in [-0.15, -0.1) is 11.3 Å². The van der Waals surface area contributed by atoms with Crippen molar-refractivity contribution in [2.45, 2.75) is 11.8 Å². The summed E-state index contributed by atoms with van der Waals surface area (Å²) in [5.41, 5.74) is 2.32. The predicted octanol–water partition coefficient (Wildman–Crippen LogP) is 4.31. The van der Waals surface area contributed by atoms with E-state index in [0.717, 1.165) is 0 Å². The Morgan fingerprint density at radius 1 is 1.03 bits per heavy atom. The van der Waals surface area contributed by atoms with E-state index in [-0.39, 0.29) is 29.8 Å². The number of ether oxygens (including phenoxy) is 2. The molecular formula is C20H17ClN4O4S2. The van der Waals surface area contributed by atoms with Crippen LogP contribution >= 0.6 is 22.9 Å². The second-order valence-electron chi connectivity index (χ2n) is 6.34. The van der Waals surface area contributed by atoms with Gasteiger partial charge in [0.15, 0.2) is 10.5 Å². The molecule has 0 saturated heterocycles. The zero-order chi connectivity index (χ0) is 21.8. The fourth-order valence-electron chi connectivity index (χ4n) is 2.73. The maximum absolute atomic E-state index is 13.0. The van der Waals surface area contributed by atoms with Gasteiger partial charge in [0.25, 0.3) is 15.9 Å². The largest absolute Gasteiger partial charge is 0.490 e. The number of para-hydroxylation sites is 1. The van der Waals surface area contributed by atoms with Crippen LogP contribution in [-0.4, -0.2) is 36.6 Å². The van der Waals surface area contributed by atoms with Crippen molar-refractivity contribution in [3.05, 3.63) is 64.6 Å². The number of nitrogens with one attached hydrogen (secondary N) is 1. The van der Waals surface area contributed by atoms with Crippen molar-refractivity contribution in [1.82, 2.24) is 15.0 Å². The Balaban J connectivity index is 1.57. The van der Waals surface area contributed by atoms with Crippen LogP contribution in [0.2, 0.25) is 5.02 Å². The maximum Gasteiger partial charge on any atom is 0.263 e. The van der Waals surface area contributed by atoms with Gasteiger partial charge in [-0.1, -0.05) is 35.9 Å². The number of sulfonamides is 1. The number of hydrogen-bond acceptors (Lipinski definition) is 8. The number of rotatable bonds is 8. The van der Waals surface area contributed by atoms with Gasteiger partial charge in [-0.25, -0.2) is 18.4 Å². The Labute approximate surface area is 187 Å². The number of anilines is 1. The van der Waals surface area contributed by atoms with Crippen molar-refractivity contribution in [3.8, 4) is 11.6 Å². The van der Waals surface area contributed by atoms with Crippen molar-refractivity contribution in [2.75, 3.05) is 17.9 Å². The molecule has 2 heterocycles. The second-order valence-corrected chi connectivity index (χ2v) is 9.23. The average molecular weight is 477 g/mol. The zero-order valence-electron chi connectivity index (χ0n) is 16.3. The summed E-state index contributed by atoms with van der Waals surface area (Å²) in [7, 11) is -3.99. The molecule has 2 aromatic carbocycles. The quantitative estimate of drug-likeness (QED) is 0.378.